The Morgan fingerprint density at radius 1 is 0.537 bits per heavy atom. The number of allylic oxidation sites excluding steroid dienone is 1. The lowest BCUT2D eigenvalue weighted by molar-refractivity contribution is -0.256. The summed E-state index contributed by atoms with van der Waals surface area (Å²) in [6.07, 6.45) is -8.20. The summed E-state index contributed by atoms with van der Waals surface area (Å²) in [5.74, 6) is -18.8. The number of hydrogen-bond donors (Lipinski definition) is 12. The Hall–Kier alpha value is -7.42. The first-order chi connectivity index (χ1) is 25.4. The van der Waals surface area contributed by atoms with Crippen molar-refractivity contribution in [2.75, 3.05) is 6.61 Å². The van der Waals surface area contributed by atoms with Crippen LogP contribution in [0.2, 0.25) is 0 Å². The van der Waals surface area contributed by atoms with Gasteiger partial charge in [-0.05, 0) is 42.5 Å². The smallest absolute Gasteiger partial charge is 0.340 e. The van der Waals surface area contributed by atoms with Crippen molar-refractivity contribution >= 4 is 23.9 Å². The van der Waals surface area contributed by atoms with Crippen LogP contribution >= 0.6 is 0 Å². The minimum atomic E-state index is -2.23. The van der Waals surface area contributed by atoms with Gasteiger partial charge in [-0.15, -0.1) is 0 Å². The number of esters is 4. The van der Waals surface area contributed by atoms with Crippen LogP contribution in [0, 0.1) is 5.92 Å². The SMILES string of the molecule is O=C(OC1OCC(OC(=O)C2C=C(O)C(O)=C(O)C2)C(OC(=O)c2cc(O)c(O)c(O)c2)C1OC(=O)c1cc(O)c(O)c(O)c1)c1cc(O)c(O)c(O)c1. The first kappa shape index (κ1) is 37.8. The molecule has 1 saturated heterocycles. The molecule has 0 spiro atoms. The van der Waals surface area contributed by atoms with Gasteiger partial charge in [-0.3, -0.25) is 4.79 Å². The number of carbonyl (C=O) groups is 4. The van der Waals surface area contributed by atoms with Crippen molar-refractivity contribution in [3.63, 3.8) is 0 Å². The molecular weight excluding hydrogens is 732 g/mol. The van der Waals surface area contributed by atoms with Crippen LogP contribution in [0.25, 0.3) is 0 Å². The fourth-order valence-electron chi connectivity index (χ4n) is 5.11. The maximum Gasteiger partial charge on any atom is 0.340 e. The van der Waals surface area contributed by atoms with Gasteiger partial charge in [-0.25, -0.2) is 14.4 Å². The monoisotopic (exact) mass is 760 g/mol. The van der Waals surface area contributed by atoms with Gasteiger partial charge in [0.2, 0.25) is 12.4 Å². The van der Waals surface area contributed by atoms with Crippen molar-refractivity contribution in [2.24, 2.45) is 5.92 Å². The van der Waals surface area contributed by atoms with Gasteiger partial charge in [0, 0.05) is 6.42 Å². The number of aromatic hydroxyl groups is 9. The van der Waals surface area contributed by atoms with Gasteiger partial charge >= 0.3 is 23.9 Å². The molecule has 1 fully saturated rings. The van der Waals surface area contributed by atoms with E-state index in [9.17, 15) is 80.5 Å². The molecule has 21 heteroatoms. The molecule has 1 aliphatic carbocycles. The van der Waals surface area contributed by atoms with E-state index in [0.717, 1.165) is 6.08 Å². The molecule has 5 rings (SSSR count). The highest BCUT2D eigenvalue weighted by Crippen LogP contribution is 2.39. The van der Waals surface area contributed by atoms with Crippen molar-refractivity contribution < 1.29 is 104 Å². The van der Waals surface area contributed by atoms with Gasteiger partial charge in [0.1, 0.15) is 5.76 Å². The van der Waals surface area contributed by atoms with E-state index < -0.39 is 153 Å². The molecular formula is C33H28O21. The Balaban J connectivity index is 1.56. The molecule has 5 atom stereocenters. The number of carbonyl (C=O) groups excluding carboxylic acids is 4. The van der Waals surface area contributed by atoms with Gasteiger partial charge in [0.25, 0.3) is 0 Å². The zero-order valence-corrected chi connectivity index (χ0v) is 26.9. The molecule has 1 aliphatic heterocycles. The topological polar surface area (TPSA) is 357 Å². The van der Waals surface area contributed by atoms with E-state index in [2.05, 4.69) is 0 Å². The normalized spacial score (nSPS) is 21.0. The van der Waals surface area contributed by atoms with Gasteiger partial charge in [-0.1, -0.05) is 0 Å². The number of rotatable bonds is 8. The van der Waals surface area contributed by atoms with Crippen molar-refractivity contribution in [1.29, 1.82) is 0 Å². The standard InChI is InChI=1S/C33H28O21/c34-14-1-10(2-15(35)23(14)42)29(46)51-22-9-50-33(54-32(49)13-7-20(40)26(45)21(41)8-13)28(53-31(48)12-5-18(38)25(44)19(39)6-12)27(22)52-30(47)11-3-16(36)24(43)17(37)4-11/h1,3-8,10,22,27-28,33-45H,2,9H2. The molecule has 3 aromatic rings. The number of hydrogen-bond acceptors (Lipinski definition) is 21. The lowest BCUT2D eigenvalue weighted by Gasteiger charge is -2.40. The van der Waals surface area contributed by atoms with E-state index in [1.165, 1.54) is 0 Å². The summed E-state index contributed by atoms with van der Waals surface area (Å²) in [4.78, 5) is 53.3. The quantitative estimate of drug-likeness (QED) is 0.0882. The molecule has 286 valence electrons. The molecule has 1 heterocycles. The molecule has 5 unspecified atom stereocenters. The third kappa shape index (κ3) is 7.60. The Kier molecular flexibility index (Phi) is 10.3. The highest BCUT2D eigenvalue weighted by Gasteiger charge is 2.50. The number of phenolic OH excluding ortho intramolecular Hbond substituents is 9. The van der Waals surface area contributed by atoms with Crippen molar-refractivity contribution in [1.82, 2.24) is 0 Å². The van der Waals surface area contributed by atoms with E-state index in [1.807, 2.05) is 0 Å². The number of ether oxygens (including phenoxy) is 5. The molecule has 0 saturated carbocycles. The molecule has 2 aliphatic rings. The summed E-state index contributed by atoms with van der Waals surface area (Å²) in [6, 6.07) is 3.84. The predicted molar refractivity (Wildman–Crippen MR) is 169 cm³/mol. The Labute approximate surface area is 299 Å². The first-order valence-electron chi connectivity index (χ1n) is 15.1. The van der Waals surface area contributed by atoms with Crippen LogP contribution in [0.5, 0.6) is 51.7 Å². The highest BCUT2D eigenvalue weighted by molar-refractivity contribution is 5.93. The highest BCUT2D eigenvalue weighted by atomic mass is 16.7. The average molecular weight is 761 g/mol. The predicted octanol–water partition coefficient (Wildman–Crippen LogP) is 1.70. The fourth-order valence-corrected chi connectivity index (χ4v) is 5.11. The second-order valence-corrected chi connectivity index (χ2v) is 11.6. The molecule has 0 bridgehead atoms. The van der Waals surface area contributed by atoms with Crippen LogP contribution in [-0.2, 0) is 28.5 Å². The number of aliphatic hydroxyl groups excluding tert-OH is 3. The van der Waals surface area contributed by atoms with Gasteiger partial charge < -0.3 is 85.0 Å². The summed E-state index contributed by atoms with van der Waals surface area (Å²) in [7, 11) is 0. The van der Waals surface area contributed by atoms with Crippen LogP contribution in [0.4, 0.5) is 0 Å². The second-order valence-electron chi connectivity index (χ2n) is 11.6. The molecule has 21 nitrogen and oxygen atoms in total. The Bertz CT molecular complexity index is 2030. The largest absolute Gasteiger partial charge is 0.508 e. The third-order valence-electron chi connectivity index (χ3n) is 7.87. The van der Waals surface area contributed by atoms with Crippen LogP contribution < -0.4 is 0 Å². The Morgan fingerprint density at radius 3 is 1.33 bits per heavy atom. The van der Waals surface area contributed by atoms with E-state index in [1.54, 1.807) is 0 Å². The number of aliphatic hydroxyl groups is 3. The minimum absolute atomic E-state index is 0.600. The third-order valence-corrected chi connectivity index (χ3v) is 7.87. The van der Waals surface area contributed by atoms with Crippen LogP contribution in [0.3, 0.4) is 0 Å². The zero-order chi connectivity index (χ0) is 39.8. The first-order valence-corrected chi connectivity index (χ1v) is 15.1. The maximum absolute atomic E-state index is 13.4. The summed E-state index contributed by atoms with van der Waals surface area (Å²) >= 11 is 0. The summed E-state index contributed by atoms with van der Waals surface area (Å²) in [5, 5.41) is 118. The number of phenols is 9. The average Bonchev–Trinajstić information content (AvgIpc) is 3.11. The molecule has 54 heavy (non-hydrogen) atoms. The van der Waals surface area contributed by atoms with Crippen molar-refractivity contribution in [3.8, 4) is 51.7 Å². The summed E-state index contributed by atoms with van der Waals surface area (Å²) in [6.45, 7) is -0.871. The van der Waals surface area contributed by atoms with Gasteiger partial charge in [-0.2, -0.15) is 0 Å². The van der Waals surface area contributed by atoms with E-state index in [0.29, 0.717) is 36.4 Å². The molecule has 3 aromatic carbocycles. The van der Waals surface area contributed by atoms with Crippen molar-refractivity contribution in [3.05, 3.63) is 76.4 Å². The van der Waals surface area contributed by atoms with E-state index in [-0.39, 0.29) is 0 Å². The summed E-state index contributed by atoms with van der Waals surface area (Å²) < 4.78 is 27.2. The minimum Gasteiger partial charge on any atom is -0.508 e. The second kappa shape index (κ2) is 14.7. The lowest BCUT2D eigenvalue weighted by Crippen LogP contribution is -2.59. The lowest BCUT2D eigenvalue weighted by atomic mass is 9.97. The van der Waals surface area contributed by atoms with Crippen molar-refractivity contribution in [2.45, 2.75) is 31.0 Å². The van der Waals surface area contributed by atoms with E-state index in [4.69, 9.17) is 23.7 Å². The summed E-state index contributed by atoms with van der Waals surface area (Å²) in [5.41, 5.74) is -1.96. The van der Waals surface area contributed by atoms with Crippen LogP contribution in [0.1, 0.15) is 37.5 Å². The zero-order valence-electron chi connectivity index (χ0n) is 26.9. The fraction of sp³-hybridized carbons (Fsp3) is 0.212. The number of benzene rings is 3. The Morgan fingerprint density at radius 2 is 0.926 bits per heavy atom. The maximum atomic E-state index is 13.4. The molecule has 12 N–H and O–H groups in total. The molecule has 0 aromatic heterocycles. The van der Waals surface area contributed by atoms with E-state index >= 15 is 0 Å². The van der Waals surface area contributed by atoms with Crippen LogP contribution in [-0.4, -0.2) is 116 Å². The van der Waals surface area contributed by atoms with Gasteiger partial charge in [0.15, 0.2) is 75.5 Å². The molecule has 0 amide bonds. The van der Waals surface area contributed by atoms with Gasteiger partial charge in [0.05, 0.1) is 29.2 Å². The molecule has 0 radical (unpaired) electrons. The van der Waals surface area contributed by atoms with Crippen LogP contribution in [0.15, 0.2) is 59.8 Å².